The van der Waals surface area contributed by atoms with E-state index in [9.17, 15) is 0 Å². The van der Waals surface area contributed by atoms with Gasteiger partial charge in [-0.05, 0) is 0 Å². The number of hydrogen-bond acceptors (Lipinski definition) is 4. The van der Waals surface area contributed by atoms with Crippen molar-refractivity contribution in [2.24, 2.45) is 10.3 Å². The second-order valence-electron chi connectivity index (χ2n) is 3.92. The third kappa shape index (κ3) is 6.01. The lowest BCUT2D eigenvalue weighted by Gasteiger charge is -1.95. The number of nitrogens with zero attached hydrogens (tertiary/aromatic N) is 4. The van der Waals surface area contributed by atoms with Gasteiger partial charge in [-0.1, -0.05) is 10.3 Å². The summed E-state index contributed by atoms with van der Waals surface area (Å²) in [4.78, 5) is 0. The van der Waals surface area contributed by atoms with Crippen LogP contribution in [0.25, 0.3) is 0 Å². The fourth-order valence-electron chi connectivity index (χ4n) is 1.62. The molecule has 0 spiro atoms. The first-order chi connectivity index (χ1) is 9.31. The summed E-state index contributed by atoms with van der Waals surface area (Å²) in [5.41, 5.74) is 1.66. The lowest BCUT2D eigenvalue weighted by molar-refractivity contribution is -0.913. The Balaban J connectivity index is 0.00000200. The zero-order valence-corrected chi connectivity index (χ0v) is 14.1. The molecule has 0 amide bonds. The maximum Gasteiger partial charge on any atom is 0.343 e. The Labute approximate surface area is 143 Å². The van der Waals surface area contributed by atoms with Gasteiger partial charge in [0.25, 0.3) is 0 Å². The van der Waals surface area contributed by atoms with E-state index in [1.54, 1.807) is 0 Å². The summed E-state index contributed by atoms with van der Waals surface area (Å²) in [7, 11) is 0. The Morgan fingerprint density at radius 1 is 0.762 bits per heavy atom. The van der Waals surface area contributed by atoms with Crippen LogP contribution in [0.3, 0.4) is 0 Å². The van der Waals surface area contributed by atoms with Crippen LogP contribution in [0.4, 0.5) is 0 Å². The summed E-state index contributed by atoms with van der Waals surface area (Å²) >= 11 is 0. The standard InChI is InChI=1S/C13H12N4O2.2BrH/c18-14-9-12-1-5-16(6-2-12)11-17-7-3-13(4-8-17)10-15-19;;/h1-10H,11H2;2*1H. The largest absolute Gasteiger partial charge is 1.00 e. The van der Waals surface area contributed by atoms with Crippen LogP contribution in [0.1, 0.15) is 11.1 Å². The van der Waals surface area contributed by atoms with Gasteiger partial charge in [-0.15, -0.1) is 9.13 Å². The summed E-state index contributed by atoms with van der Waals surface area (Å²) in [6, 6.07) is 7.42. The SMILES string of the molecule is O/N=C\c1cc[n+](C[n+]2ccc(/C=N/O)cc2)cc1.[Br-].[Br-]. The quantitative estimate of drug-likeness (QED) is 0.225. The van der Waals surface area contributed by atoms with Crippen LogP contribution in [0.15, 0.2) is 59.4 Å². The maximum atomic E-state index is 8.42. The molecule has 2 aromatic heterocycles. The Kier molecular flexibility index (Phi) is 9.15. The van der Waals surface area contributed by atoms with E-state index in [1.807, 2.05) is 58.2 Å². The van der Waals surface area contributed by atoms with Crippen molar-refractivity contribution in [3.8, 4) is 0 Å². The Morgan fingerprint density at radius 2 is 1.10 bits per heavy atom. The molecular weight excluding hydrogens is 404 g/mol. The van der Waals surface area contributed by atoms with E-state index in [1.165, 1.54) is 12.4 Å². The average molecular weight is 418 g/mol. The second kappa shape index (κ2) is 10.0. The number of hydrogen-bond donors (Lipinski definition) is 2. The van der Waals surface area contributed by atoms with E-state index < -0.39 is 0 Å². The first-order valence-corrected chi connectivity index (χ1v) is 5.65. The molecule has 0 aromatic carbocycles. The molecule has 2 rings (SSSR count). The summed E-state index contributed by atoms with van der Waals surface area (Å²) in [5, 5.41) is 22.8. The molecule has 112 valence electrons. The molecular formula is C13H14Br2N4O2. The summed E-state index contributed by atoms with van der Waals surface area (Å²) < 4.78 is 3.96. The number of rotatable bonds is 4. The van der Waals surface area contributed by atoms with Gasteiger partial charge in [0.2, 0.25) is 0 Å². The molecule has 2 heterocycles. The third-order valence-corrected chi connectivity index (χ3v) is 2.57. The van der Waals surface area contributed by atoms with Crippen LogP contribution in [0, 0.1) is 0 Å². The van der Waals surface area contributed by atoms with Gasteiger partial charge in [-0.3, -0.25) is 0 Å². The Hall–Kier alpha value is -1.80. The first-order valence-electron chi connectivity index (χ1n) is 5.65. The molecule has 0 aliphatic carbocycles. The van der Waals surface area contributed by atoms with Crippen LogP contribution in [-0.4, -0.2) is 22.8 Å². The monoisotopic (exact) mass is 416 g/mol. The first kappa shape index (κ1) is 19.2. The predicted octanol–water partition coefficient (Wildman–Crippen LogP) is -5.61. The molecule has 2 aromatic rings. The van der Waals surface area contributed by atoms with Gasteiger partial charge in [0.1, 0.15) is 0 Å². The van der Waals surface area contributed by atoms with E-state index in [0.29, 0.717) is 6.67 Å². The molecule has 8 heteroatoms. The van der Waals surface area contributed by atoms with E-state index >= 15 is 0 Å². The Morgan fingerprint density at radius 3 is 1.38 bits per heavy atom. The van der Waals surface area contributed by atoms with E-state index in [0.717, 1.165) is 11.1 Å². The molecule has 0 saturated carbocycles. The zero-order chi connectivity index (χ0) is 13.5. The highest BCUT2D eigenvalue weighted by atomic mass is 79.9. The summed E-state index contributed by atoms with van der Waals surface area (Å²) in [6.07, 6.45) is 10.3. The number of aromatic nitrogens is 2. The van der Waals surface area contributed by atoms with Crippen molar-refractivity contribution in [3.63, 3.8) is 0 Å². The smallest absolute Gasteiger partial charge is 0.343 e. The minimum atomic E-state index is 0. The third-order valence-electron chi connectivity index (χ3n) is 2.57. The van der Waals surface area contributed by atoms with Crippen molar-refractivity contribution >= 4 is 12.4 Å². The van der Waals surface area contributed by atoms with Gasteiger partial charge in [-0.25, -0.2) is 0 Å². The minimum absolute atomic E-state index is 0. The molecule has 0 unspecified atom stereocenters. The normalized spacial score (nSPS) is 10.3. The minimum Gasteiger partial charge on any atom is -1.00 e. The van der Waals surface area contributed by atoms with Crippen molar-refractivity contribution in [2.45, 2.75) is 6.67 Å². The fourth-order valence-corrected chi connectivity index (χ4v) is 1.62. The highest BCUT2D eigenvalue weighted by molar-refractivity contribution is 5.78. The number of oxime groups is 2. The van der Waals surface area contributed by atoms with Gasteiger partial charge in [0, 0.05) is 35.4 Å². The molecule has 0 radical (unpaired) electrons. The van der Waals surface area contributed by atoms with Gasteiger partial charge in [-0.2, -0.15) is 0 Å². The van der Waals surface area contributed by atoms with Crippen molar-refractivity contribution < 1.29 is 53.5 Å². The second-order valence-corrected chi connectivity index (χ2v) is 3.92. The fraction of sp³-hybridized carbons (Fsp3) is 0.0769. The maximum absolute atomic E-state index is 8.42. The van der Waals surface area contributed by atoms with Gasteiger partial charge in [0.15, 0.2) is 24.8 Å². The van der Waals surface area contributed by atoms with Crippen LogP contribution in [0.2, 0.25) is 0 Å². The molecule has 0 aliphatic rings. The highest BCUT2D eigenvalue weighted by Gasteiger charge is 2.07. The number of pyridine rings is 2. The van der Waals surface area contributed by atoms with Gasteiger partial charge in [0.05, 0.1) is 12.4 Å². The average Bonchev–Trinajstić information content (AvgIpc) is 2.44. The molecule has 0 atom stereocenters. The molecule has 0 bridgehead atoms. The lowest BCUT2D eigenvalue weighted by atomic mass is 10.3. The van der Waals surface area contributed by atoms with Crippen LogP contribution >= 0.6 is 0 Å². The van der Waals surface area contributed by atoms with E-state index in [-0.39, 0.29) is 34.0 Å². The zero-order valence-electron chi connectivity index (χ0n) is 10.9. The molecule has 6 nitrogen and oxygen atoms in total. The highest BCUT2D eigenvalue weighted by Crippen LogP contribution is 1.91. The molecule has 0 fully saturated rings. The van der Waals surface area contributed by atoms with E-state index in [4.69, 9.17) is 10.4 Å². The van der Waals surface area contributed by atoms with Gasteiger partial charge < -0.3 is 44.4 Å². The van der Waals surface area contributed by atoms with E-state index in [2.05, 4.69) is 10.3 Å². The molecule has 0 aliphatic heterocycles. The van der Waals surface area contributed by atoms with Gasteiger partial charge >= 0.3 is 6.67 Å². The molecule has 0 saturated heterocycles. The van der Waals surface area contributed by atoms with Crippen LogP contribution in [0.5, 0.6) is 0 Å². The van der Waals surface area contributed by atoms with Crippen LogP contribution < -0.4 is 43.1 Å². The van der Waals surface area contributed by atoms with Crippen molar-refractivity contribution in [1.29, 1.82) is 0 Å². The topological polar surface area (TPSA) is 72.9 Å². The van der Waals surface area contributed by atoms with Crippen molar-refractivity contribution in [3.05, 3.63) is 60.2 Å². The molecule has 21 heavy (non-hydrogen) atoms. The predicted molar refractivity (Wildman–Crippen MR) is 67.4 cm³/mol. The summed E-state index contributed by atoms with van der Waals surface area (Å²) in [6.45, 7) is 0.660. The van der Waals surface area contributed by atoms with Crippen molar-refractivity contribution in [2.75, 3.05) is 0 Å². The Bertz CT molecular complexity index is 533. The molecule has 2 N–H and O–H groups in total. The summed E-state index contributed by atoms with van der Waals surface area (Å²) in [5.74, 6) is 0. The lowest BCUT2D eigenvalue weighted by Crippen LogP contribution is -3.00. The van der Waals surface area contributed by atoms with Crippen LogP contribution in [-0.2, 0) is 6.67 Å². The number of halogens is 2. The van der Waals surface area contributed by atoms with Crippen molar-refractivity contribution in [1.82, 2.24) is 0 Å².